The number of hydrogen-bond donors (Lipinski definition) is 0. The van der Waals surface area contributed by atoms with Gasteiger partial charge in [0.25, 0.3) is 0 Å². The van der Waals surface area contributed by atoms with Crippen molar-refractivity contribution < 1.29 is 40.4 Å². The van der Waals surface area contributed by atoms with Crippen molar-refractivity contribution in [2.45, 2.75) is 69.2 Å². The molecule has 2 rings (SSSR count). The molecule has 0 amide bonds. The smallest absolute Gasteiger partial charge is 0 e. The summed E-state index contributed by atoms with van der Waals surface area (Å²) in [5.41, 5.74) is 14.7. The molecule has 0 fully saturated rings. The summed E-state index contributed by atoms with van der Waals surface area (Å²) in [6, 6.07) is 0. The van der Waals surface area contributed by atoms with Gasteiger partial charge in [0.2, 0.25) is 0 Å². The molecule has 0 N–H and O–H groups in total. The third kappa shape index (κ3) is 4.07. The van der Waals surface area contributed by atoms with E-state index in [0.29, 0.717) is 0 Å². The summed E-state index contributed by atoms with van der Waals surface area (Å²) in [5.74, 6) is 0. The van der Waals surface area contributed by atoms with Crippen molar-refractivity contribution in [3.63, 3.8) is 0 Å². The van der Waals surface area contributed by atoms with E-state index in [4.69, 9.17) is 0 Å². The van der Waals surface area contributed by atoms with Crippen LogP contribution in [0.1, 0.15) is 55.6 Å². The molecule has 0 saturated heterocycles. The van der Waals surface area contributed by atoms with E-state index < -0.39 is 0 Å². The molecular weight excluding hydrogens is 391 g/mol. The minimum atomic E-state index is 0. The standard InChI is InChI=1S/2C10H15.Sm/c2*1-6-7(2)9(4)10(5)8(6)3;/h2*1-5H3;/q-5;-1;. The minimum absolute atomic E-state index is 0. The minimum Gasteiger partial charge on any atom is -0.731 e. The Morgan fingerprint density at radius 2 is 0.667 bits per heavy atom. The molecule has 0 unspecified atom stereocenters. The maximum atomic E-state index is 2.20. The number of hydrogen-bond acceptors (Lipinski definition) is 0. The second-order valence-corrected chi connectivity index (χ2v) is 6.25. The first-order valence-corrected chi connectivity index (χ1v) is 7.50. The van der Waals surface area contributed by atoms with E-state index in [0.717, 1.165) is 0 Å². The van der Waals surface area contributed by atoms with Crippen LogP contribution < -0.4 is 0 Å². The second-order valence-electron chi connectivity index (χ2n) is 6.25. The summed E-state index contributed by atoms with van der Waals surface area (Å²) in [4.78, 5) is 0. The van der Waals surface area contributed by atoms with E-state index in [9.17, 15) is 0 Å². The van der Waals surface area contributed by atoms with Crippen molar-refractivity contribution >= 4 is 0 Å². The Morgan fingerprint density at radius 1 is 0.476 bits per heavy atom. The van der Waals surface area contributed by atoms with Gasteiger partial charge in [0, 0.05) is 40.4 Å². The molecule has 0 bridgehead atoms. The van der Waals surface area contributed by atoms with Crippen molar-refractivity contribution in [2.75, 3.05) is 0 Å². The molecule has 0 nitrogen and oxygen atoms in total. The Morgan fingerprint density at radius 3 is 0.762 bits per heavy atom. The van der Waals surface area contributed by atoms with Crippen LogP contribution in [-0.4, -0.2) is 0 Å². The monoisotopic (exact) mass is 422 g/mol. The molecule has 0 spiro atoms. The van der Waals surface area contributed by atoms with Gasteiger partial charge in [-0.3, -0.25) is 0 Å². The Bertz CT molecular complexity index is 404. The average molecular weight is 421 g/mol. The first kappa shape index (κ1) is 21.0. The van der Waals surface area contributed by atoms with Crippen LogP contribution in [0.25, 0.3) is 0 Å². The first-order chi connectivity index (χ1) is 9.11. The summed E-state index contributed by atoms with van der Waals surface area (Å²) >= 11 is 0. The van der Waals surface area contributed by atoms with Crippen LogP contribution in [0, 0.1) is 110 Å². The Hall–Kier alpha value is 0.0377. The molecule has 0 saturated carbocycles. The topological polar surface area (TPSA) is 0 Å². The van der Waals surface area contributed by atoms with Crippen LogP contribution in [-0.2, 0) is 0 Å². The van der Waals surface area contributed by atoms with E-state index in [1.54, 1.807) is 0 Å². The predicted octanol–water partition coefficient (Wildman–Crippen LogP) is 5.90. The third-order valence-corrected chi connectivity index (χ3v) is 5.62. The molecule has 122 valence electrons. The molecular formula is C20H30Sm-6. The molecule has 1 heteroatoms. The molecule has 0 aliphatic carbocycles. The van der Waals surface area contributed by atoms with Gasteiger partial charge in [-0.05, 0) is 0 Å². The van der Waals surface area contributed by atoms with Crippen molar-refractivity contribution in [3.05, 3.63) is 55.6 Å². The van der Waals surface area contributed by atoms with Crippen molar-refractivity contribution in [3.8, 4) is 0 Å². The zero-order valence-electron chi connectivity index (χ0n) is 15.4. The molecule has 2 aromatic carbocycles. The molecule has 21 heavy (non-hydrogen) atoms. The van der Waals surface area contributed by atoms with E-state index >= 15 is 0 Å². The second kappa shape index (κ2) is 8.05. The van der Waals surface area contributed by atoms with Crippen molar-refractivity contribution in [1.82, 2.24) is 0 Å². The molecule has 2 aromatic rings. The summed E-state index contributed by atoms with van der Waals surface area (Å²) < 4.78 is 0. The zero-order chi connectivity index (χ0) is 15.8. The van der Waals surface area contributed by atoms with Gasteiger partial charge in [0.15, 0.2) is 0 Å². The molecule has 0 aromatic heterocycles. The maximum absolute atomic E-state index is 2.20. The quantitative estimate of drug-likeness (QED) is 0.466. The van der Waals surface area contributed by atoms with Gasteiger partial charge in [-0.1, -0.05) is 34.6 Å². The fourth-order valence-corrected chi connectivity index (χ4v) is 2.81. The van der Waals surface area contributed by atoms with E-state index in [2.05, 4.69) is 69.2 Å². The van der Waals surface area contributed by atoms with Crippen LogP contribution in [0.2, 0.25) is 0 Å². The molecule has 0 aliphatic rings. The SMILES string of the molecule is C[c-]1[c-](C)[c-](C)[c-](C)[c-]1C.Cc1c(C)c(C)[c-](C)c1C.[Sm]. The summed E-state index contributed by atoms with van der Waals surface area (Å²) in [5, 5.41) is 0. The van der Waals surface area contributed by atoms with Crippen molar-refractivity contribution in [2.24, 2.45) is 0 Å². The van der Waals surface area contributed by atoms with Crippen LogP contribution in [0.3, 0.4) is 0 Å². The third-order valence-electron chi connectivity index (χ3n) is 5.62. The Labute approximate surface area is 164 Å². The largest absolute Gasteiger partial charge is 0.731 e. The number of rotatable bonds is 0. The molecule has 0 radical (unpaired) electrons. The maximum Gasteiger partial charge on any atom is 0 e. The van der Waals surface area contributed by atoms with Gasteiger partial charge in [-0.25, -0.2) is 34.6 Å². The summed E-state index contributed by atoms with van der Waals surface area (Å²) in [6.07, 6.45) is 0. The van der Waals surface area contributed by atoms with Crippen molar-refractivity contribution in [1.29, 1.82) is 0 Å². The van der Waals surface area contributed by atoms with Crippen LogP contribution in [0.15, 0.2) is 0 Å². The van der Waals surface area contributed by atoms with Gasteiger partial charge in [-0.2, -0.15) is 27.8 Å². The van der Waals surface area contributed by atoms with Gasteiger partial charge in [-0.15, -0.1) is 0 Å². The van der Waals surface area contributed by atoms with E-state index in [-0.39, 0.29) is 40.4 Å². The molecule has 0 heterocycles. The van der Waals surface area contributed by atoms with E-state index in [1.165, 1.54) is 55.6 Å². The van der Waals surface area contributed by atoms with Crippen LogP contribution in [0.4, 0.5) is 0 Å². The summed E-state index contributed by atoms with van der Waals surface area (Å²) in [7, 11) is 0. The Balaban J connectivity index is 0.000000364. The first-order valence-electron chi connectivity index (χ1n) is 7.50. The fourth-order valence-electron chi connectivity index (χ4n) is 2.81. The normalized spacial score (nSPS) is 10.0. The zero-order valence-corrected chi connectivity index (χ0v) is 18.0. The van der Waals surface area contributed by atoms with E-state index in [1.807, 2.05) is 0 Å². The average Bonchev–Trinajstić information content (AvgIpc) is 2.71. The molecule has 0 aliphatic heterocycles. The molecule has 0 atom stereocenters. The predicted molar refractivity (Wildman–Crippen MR) is 91.4 cm³/mol. The van der Waals surface area contributed by atoms with Gasteiger partial charge < -0.3 is 27.8 Å². The fraction of sp³-hybridized carbons (Fsp3) is 0.500. The van der Waals surface area contributed by atoms with Gasteiger partial charge in [0.1, 0.15) is 0 Å². The van der Waals surface area contributed by atoms with Gasteiger partial charge >= 0.3 is 0 Å². The Kier molecular flexibility index (Phi) is 8.06. The van der Waals surface area contributed by atoms with Crippen LogP contribution in [0.5, 0.6) is 0 Å². The summed E-state index contributed by atoms with van der Waals surface area (Å²) in [6.45, 7) is 22.0. The van der Waals surface area contributed by atoms with Gasteiger partial charge in [0.05, 0.1) is 0 Å². The van der Waals surface area contributed by atoms with Crippen LogP contribution >= 0.6 is 0 Å².